The molecule has 0 bridgehead atoms. The molecule has 2 aliphatic heterocycles. The van der Waals surface area contributed by atoms with E-state index in [-0.39, 0.29) is 17.2 Å². The van der Waals surface area contributed by atoms with Gasteiger partial charge in [0.25, 0.3) is 10.0 Å². The van der Waals surface area contributed by atoms with Crippen molar-refractivity contribution in [2.24, 2.45) is 15.7 Å². The van der Waals surface area contributed by atoms with Gasteiger partial charge in [0.2, 0.25) is 0 Å². The monoisotopic (exact) mass is 358 g/mol. The molecule has 1 spiro atoms. The maximum Gasteiger partial charge on any atom is 0.392 e. The number of rotatable bonds is 0. The van der Waals surface area contributed by atoms with E-state index in [0.29, 0.717) is 37.9 Å². The molecule has 2 fully saturated rings. The molecule has 8 heteroatoms. The van der Waals surface area contributed by atoms with Gasteiger partial charge in [-0.25, -0.2) is 0 Å². The Labute approximate surface area is 138 Å². The number of benzene rings is 1. The average Bonchev–Trinajstić information content (AvgIpc) is 2.85. The maximum absolute atomic E-state index is 13.7. The Kier molecular flexibility index (Phi) is 3.30. The normalized spacial score (nSPS) is 31.5. The summed E-state index contributed by atoms with van der Waals surface area (Å²) in [5.41, 5.74) is -0.761. The van der Waals surface area contributed by atoms with Crippen LogP contribution in [0.1, 0.15) is 32.1 Å². The van der Waals surface area contributed by atoms with Gasteiger partial charge in [0.15, 0.2) is 0 Å². The summed E-state index contributed by atoms with van der Waals surface area (Å²) in [6, 6.07) is 6.40. The quantitative estimate of drug-likeness (QED) is 0.710. The minimum atomic E-state index is -4.35. The molecule has 0 aromatic heterocycles. The third-order valence-corrected chi connectivity index (χ3v) is 6.87. The van der Waals surface area contributed by atoms with Crippen molar-refractivity contribution < 1.29 is 21.6 Å². The first-order chi connectivity index (χ1) is 11.3. The number of nitrogens with zero attached hydrogens (tertiary/aromatic N) is 2. The highest BCUT2D eigenvalue weighted by atomic mass is 32.2. The summed E-state index contributed by atoms with van der Waals surface area (Å²) < 4.78 is 69.9. The van der Waals surface area contributed by atoms with Crippen LogP contribution in [0.25, 0.3) is 0 Å². The second-order valence-electron chi connectivity index (χ2n) is 6.76. The number of para-hydroxylation sites is 1. The van der Waals surface area contributed by atoms with E-state index >= 15 is 0 Å². The molecular weight excluding hydrogens is 341 g/mol. The predicted molar refractivity (Wildman–Crippen MR) is 83.5 cm³/mol. The van der Waals surface area contributed by atoms with Crippen molar-refractivity contribution in [1.29, 1.82) is 0 Å². The summed E-state index contributed by atoms with van der Waals surface area (Å²) in [5, 5.41) is 0. The summed E-state index contributed by atoms with van der Waals surface area (Å²) in [5.74, 6) is -1.42. The first-order valence-corrected chi connectivity index (χ1v) is 9.48. The van der Waals surface area contributed by atoms with Crippen molar-refractivity contribution in [2.75, 3.05) is 11.4 Å². The molecule has 1 aliphatic carbocycles. The lowest BCUT2D eigenvalue weighted by Crippen LogP contribution is -2.49. The number of sulfonamides is 1. The average molecular weight is 358 g/mol. The zero-order chi connectivity index (χ0) is 17.2. The van der Waals surface area contributed by atoms with Gasteiger partial charge >= 0.3 is 6.18 Å². The highest BCUT2D eigenvalue weighted by Crippen LogP contribution is 2.57. The summed E-state index contributed by atoms with van der Waals surface area (Å²) in [7, 11) is -3.96. The van der Waals surface area contributed by atoms with Gasteiger partial charge in [-0.1, -0.05) is 25.0 Å². The highest BCUT2D eigenvalue weighted by molar-refractivity contribution is 7.90. The van der Waals surface area contributed by atoms with Crippen LogP contribution in [0.5, 0.6) is 0 Å². The van der Waals surface area contributed by atoms with Crippen molar-refractivity contribution in [2.45, 2.75) is 43.2 Å². The fourth-order valence-corrected chi connectivity index (χ4v) is 5.82. The van der Waals surface area contributed by atoms with Crippen molar-refractivity contribution >= 4 is 21.5 Å². The summed E-state index contributed by atoms with van der Waals surface area (Å²) >= 11 is 0. The van der Waals surface area contributed by atoms with Gasteiger partial charge in [-0.05, 0) is 31.4 Å². The van der Waals surface area contributed by atoms with Gasteiger partial charge in [-0.3, -0.25) is 0 Å². The zero-order valence-corrected chi connectivity index (χ0v) is 13.7. The van der Waals surface area contributed by atoms with Crippen LogP contribution >= 0.6 is 0 Å². The van der Waals surface area contributed by atoms with Crippen molar-refractivity contribution in [3.63, 3.8) is 0 Å². The van der Waals surface area contributed by atoms with Gasteiger partial charge in [0.05, 0.1) is 11.6 Å². The molecule has 1 saturated carbocycles. The van der Waals surface area contributed by atoms with Crippen LogP contribution in [0.15, 0.2) is 33.6 Å². The molecule has 4 rings (SSSR count). The summed E-state index contributed by atoms with van der Waals surface area (Å²) in [4.78, 5) is 1.76. The van der Waals surface area contributed by atoms with Gasteiger partial charge in [-0.15, -0.1) is 4.40 Å². The SMILES string of the molecule is O=S1(=O)N=C2N(CCC23CCCCC3C(F)(F)F)c2ccccc21. The molecule has 3 aliphatic rings. The first kappa shape index (κ1) is 15.9. The Morgan fingerprint density at radius 2 is 1.92 bits per heavy atom. The molecule has 1 saturated heterocycles. The number of anilines is 1. The van der Waals surface area contributed by atoms with Crippen LogP contribution in [0.2, 0.25) is 0 Å². The van der Waals surface area contributed by atoms with E-state index < -0.39 is 27.5 Å². The Bertz CT molecular complexity index is 819. The minimum absolute atomic E-state index is 0.0397. The molecular formula is C16H17F3N2O2S. The van der Waals surface area contributed by atoms with Crippen LogP contribution in [-0.2, 0) is 10.0 Å². The van der Waals surface area contributed by atoms with Gasteiger partial charge in [-0.2, -0.15) is 21.6 Å². The second-order valence-corrected chi connectivity index (χ2v) is 8.33. The molecule has 0 amide bonds. The predicted octanol–water partition coefficient (Wildman–Crippen LogP) is 3.74. The van der Waals surface area contributed by atoms with E-state index in [1.807, 2.05) is 0 Å². The van der Waals surface area contributed by atoms with Crippen LogP contribution < -0.4 is 4.90 Å². The molecule has 1 aromatic rings. The number of halogens is 3. The van der Waals surface area contributed by atoms with E-state index in [9.17, 15) is 21.6 Å². The van der Waals surface area contributed by atoms with Gasteiger partial charge in [0, 0.05) is 12.0 Å². The highest BCUT2D eigenvalue weighted by Gasteiger charge is 2.61. The molecule has 130 valence electrons. The molecule has 24 heavy (non-hydrogen) atoms. The third kappa shape index (κ3) is 2.11. The summed E-state index contributed by atoms with van der Waals surface area (Å²) in [6.45, 7) is 0.373. The molecule has 0 radical (unpaired) electrons. The molecule has 2 atom stereocenters. The Morgan fingerprint density at radius 1 is 1.17 bits per heavy atom. The molecule has 2 unspecified atom stereocenters. The number of fused-ring (bicyclic) bond motifs is 4. The lowest BCUT2D eigenvalue weighted by molar-refractivity contribution is -0.205. The van der Waals surface area contributed by atoms with Crippen molar-refractivity contribution in [1.82, 2.24) is 0 Å². The fraction of sp³-hybridized carbons (Fsp3) is 0.562. The van der Waals surface area contributed by atoms with Gasteiger partial charge < -0.3 is 4.90 Å². The molecule has 2 heterocycles. The first-order valence-electron chi connectivity index (χ1n) is 8.04. The van der Waals surface area contributed by atoms with E-state index in [2.05, 4.69) is 4.40 Å². The Morgan fingerprint density at radius 3 is 2.67 bits per heavy atom. The largest absolute Gasteiger partial charge is 0.392 e. The lowest BCUT2D eigenvalue weighted by atomic mass is 9.64. The van der Waals surface area contributed by atoms with Crippen molar-refractivity contribution in [3.8, 4) is 0 Å². The van der Waals surface area contributed by atoms with Gasteiger partial charge in [0.1, 0.15) is 10.7 Å². The molecule has 1 aromatic carbocycles. The standard InChI is InChI=1S/C16H17F3N2O2S/c17-16(18,19)13-7-3-4-8-15(13)9-10-21-11-5-1-2-6-12(11)24(22,23)20-14(15)21/h1-2,5-6,13H,3-4,7-10H2. The summed E-state index contributed by atoms with van der Waals surface area (Å²) in [6.07, 6.45) is -2.49. The Hall–Kier alpha value is -1.57. The molecule has 4 nitrogen and oxygen atoms in total. The van der Waals surface area contributed by atoms with Crippen LogP contribution in [0.3, 0.4) is 0 Å². The van der Waals surface area contributed by atoms with E-state index in [4.69, 9.17) is 0 Å². The number of hydrogen-bond acceptors (Lipinski definition) is 3. The smallest absolute Gasteiger partial charge is 0.327 e. The number of hydrogen-bond donors (Lipinski definition) is 0. The maximum atomic E-state index is 13.7. The topological polar surface area (TPSA) is 49.7 Å². The van der Waals surface area contributed by atoms with Crippen molar-refractivity contribution in [3.05, 3.63) is 24.3 Å². The fourth-order valence-electron chi connectivity index (χ4n) is 4.52. The van der Waals surface area contributed by atoms with E-state index in [0.717, 1.165) is 0 Å². The van der Waals surface area contributed by atoms with E-state index in [1.165, 1.54) is 6.07 Å². The van der Waals surface area contributed by atoms with Crippen LogP contribution in [0, 0.1) is 11.3 Å². The molecule has 0 N–H and O–H groups in total. The van der Waals surface area contributed by atoms with Crippen LogP contribution in [0.4, 0.5) is 18.9 Å². The Balaban J connectivity index is 1.89. The lowest BCUT2D eigenvalue weighted by Gasteiger charge is -2.43. The number of alkyl halides is 3. The third-order valence-electron chi connectivity index (χ3n) is 5.55. The van der Waals surface area contributed by atoms with E-state index in [1.54, 1.807) is 23.1 Å². The van der Waals surface area contributed by atoms with Crippen LogP contribution in [-0.4, -0.2) is 27.0 Å². The second kappa shape index (κ2) is 4.97. The minimum Gasteiger partial charge on any atom is -0.327 e. The number of amidine groups is 1. The zero-order valence-electron chi connectivity index (χ0n) is 12.9.